The summed E-state index contributed by atoms with van der Waals surface area (Å²) in [6, 6.07) is 19.1. The second-order valence-corrected chi connectivity index (χ2v) is 11.9. The van der Waals surface area contributed by atoms with Crippen LogP contribution >= 0.6 is 0 Å². The number of nitrogens with zero attached hydrogens (tertiary/aromatic N) is 2. The number of sulfonamides is 1. The van der Waals surface area contributed by atoms with Crippen LogP contribution in [0.4, 0.5) is 4.39 Å². The number of ether oxygens (including phenoxy) is 1. The van der Waals surface area contributed by atoms with Crippen LogP contribution in [0.25, 0.3) is 11.1 Å². The van der Waals surface area contributed by atoms with Crippen molar-refractivity contribution in [2.24, 2.45) is 5.92 Å². The Hall–Kier alpha value is -2.78. The number of benzene rings is 3. The van der Waals surface area contributed by atoms with Crippen LogP contribution in [-0.2, 0) is 16.6 Å². The Balaban J connectivity index is 1.70. The molecule has 1 N–H and O–H groups in total. The van der Waals surface area contributed by atoms with Crippen molar-refractivity contribution in [2.45, 2.75) is 44.4 Å². The van der Waals surface area contributed by atoms with Gasteiger partial charge in [0.05, 0.1) is 6.61 Å². The molecule has 0 spiro atoms. The van der Waals surface area contributed by atoms with E-state index < -0.39 is 16.1 Å². The highest BCUT2D eigenvalue weighted by Gasteiger charge is 2.38. The van der Waals surface area contributed by atoms with E-state index in [0.29, 0.717) is 18.8 Å². The second-order valence-electron chi connectivity index (χ2n) is 10.1. The molecule has 3 aromatic rings. The lowest BCUT2D eigenvalue weighted by molar-refractivity contribution is 0.0734. The van der Waals surface area contributed by atoms with Gasteiger partial charge in [0.2, 0.25) is 10.0 Å². The molecule has 0 aromatic heterocycles. The first kappa shape index (κ1) is 27.3. The minimum atomic E-state index is -3.90. The first-order chi connectivity index (χ1) is 17.6. The zero-order valence-electron chi connectivity index (χ0n) is 21.8. The van der Waals surface area contributed by atoms with Crippen LogP contribution in [0.15, 0.2) is 71.6 Å². The highest BCUT2D eigenvalue weighted by molar-refractivity contribution is 7.89. The van der Waals surface area contributed by atoms with Gasteiger partial charge < -0.3 is 9.84 Å². The average Bonchev–Trinajstić information content (AvgIpc) is 2.87. The molecule has 37 heavy (non-hydrogen) atoms. The van der Waals surface area contributed by atoms with Crippen LogP contribution in [-0.4, -0.2) is 61.6 Å². The fraction of sp³-hybridized carbons (Fsp3) is 0.379. The van der Waals surface area contributed by atoms with Gasteiger partial charge in [0.15, 0.2) is 0 Å². The number of rotatable bonds is 7. The molecule has 0 radical (unpaired) electrons. The average molecular weight is 527 g/mol. The van der Waals surface area contributed by atoms with Crippen molar-refractivity contribution in [3.63, 3.8) is 0 Å². The first-order valence-electron chi connectivity index (χ1n) is 12.5. The van der Waals surface area contributed by atoms with Crippen molar-refractivity contribution in [2.75, 3.05) is 26.7 Å². The first-order valence-corrected chi connectivity index (χ1v) is 14.0. The third kappa shape index (κ3) is 6.21. The monoisotopic (exact) mass is 526 g/mol. The summed E-state index contributed by atoms with van der Waals surface area (Å²) >= 11 is 0. The normalized spacial score (nSPS) is 20.5. The molecule has 0 unspecified atom stereocenters. The summed E-state index contributed by atoms with van der Waals surface area (Å²) in [5, 5.41) is 9.85. The SMILES string of the molecule is Cc1ccc(-c2ccc3c(c2)O[C@@H](CN(C)Cc2ccc(F)cc2)[C@@H](C)CN([C@@H](C)CO)S3(=O)=O)cc1. The maximum Gasteiger partial charge on any atom is 0.247 e. The molecule has 1 aliphatic heterocycles. The van der Waals surface area contributed by atoms with Crippen LogP contribution in [0.1, 0.15) is 25.0 Å². The van der Waals surface area contributed by atoms with Crippen LogP contribution in [0.5, 0.6) is 5.75 Å². The van der Waals surface area contributed by atoms with Gasteiger partial charge in [-0.1, -0.05) is 55.0 Å². The van der Waals surface area contributed by atoms with Gasteiger partial charge in [0.25, 0.3) is 0 Å². The topological polar surface area (TPSA) is 70.1 Å². The number of halogens is 1. The van der Waals surface area contributed by atoms with Crippen molar-refractivity contribution in [3.05, 3.63) is 83.7 Å². The smallest absolute Gasteiger partial charge is 0.247 e. The molecule has 0 aliphatic carbocycles. The minimum absolute atomic E-state index is 0.0988. The zero-order chi connectivity index (χ0) is 26.7. The minimum Gasteiger partial charge on any atom is -0.487 e. The predicted molar refractivity (Wildman–Crippen MR) is 143 cm³/mol. The largest absolute Gasteiger partial charge is 0.487 e. The second kappa shape index (κ2) is 11.3. The van der Waals surface area contributed by atoms with Crippen LogP contribution < -0.4 is 4.74 Å². The molecular formula is C29H35FN2O4S. The Bertz CT molecular complexity index is 1310. The van der Waals surface area contributed by atoms with Gasteiger partial charge in [-0.15, -0.1) is 0 Å². The molecule has 0 fully saturated rings. The van der Waals surface area contributed by atoms with E-state index >= 15 is 0 Å². The standard InChI is InChI=1S/C29H35FN2O4S/c1-20-5-9-24(10-6-20)25-11-14-29-27(15-25)36-28(18-31(4)17-23-7-12-26(30)13-8-23)21(2)16-32(22(3)19-33)37(29,34)35/h5-15,21-22,28,33H,16-19H2,1-4H3/t21-,22-,28-/m0/s1. The highest BCUT2D eigenvalue weighted by atomic mass is 32.2. The molecule has 0 bridgehead atoms. The summed E-state index contributed by atoms with van der Waals surface area (Å²) < 4.78 is 48.6. The fourth-order valence-electron chi connectivity index (χ4n) is 4.64. The molecule has 0 saturated carbocycles. The van der Waals surface area contributed by atoms with Crippen molar-refractivity contribution in [3.8, 4) is 16.9 Å². The van der Waals surface area contributed by atoms with Crippen LogP contribution in [0.2, 0.25) is 0 Å². The molecule has 198 valence electrons. The van der Waals surface area contributed by atoms with E-state index in [1.54, 1.807) is 37.3 Å². The molecule has 1 aliphatic rings. The molecule has 3 aromatic carbocycles. The molecule has 4 rings (SSSR count). The summed E-state index contributed by atoms with van der Waals surface area (Å²) in [5.74, 6) is -0.126. The number of aliphatic hydroxyl groups is 1. The number of fused-ring (bicyclic) bond motifs is 1. The number of aliphatic hydroxyl groups excluding tert-OH is 1. The third-order valence-electron chi connectivity index (χ3n) is 6.91. The van der Waals surface area contributed by atoms with Gasteiger partial charge in [0.1, 0.15) is 22.6 Å². The van der Waals surface area contributed by atoms with Crippen LogP contribution in [0, 0.1) is 18.7 Å². The maximum absolute atomic E-state index is 13.7. The van der Waals surface area contributed by atoms with Crippen LogP contribution in [0.3, 0.4) is 0 Å². The lowest BCUT2D eigenvalue weighted by atomic mass is 10.0. The van der Waals surface area contributed by atoms with Gasteiger partial charge in [-0.2, -0.15) is 4.31 Å². The van der Waals surface area contributed by atoms with Gasteiger partial charge in [-0.25, -0.2) is 12.8 Å². The van der Waals surface area contributed by atoms with E-state index in [1.165, 1.54) is 16.4 Å². The number of hydrogen-bond donors (Lipinski definition) is 1. The fourth-order valence-corrected chi connectivity index (χ4v) is 6.47. The Morgan fingerprint density at radius 3 is 2.38 bits per heavy atom. The van der Waals surface area contributed by atoms with Gasteiger partial charge in [-0.05, 0) is 61.9 Å². The summed E-state index contributed by atoms with van der Waals surface area (Å²) in [4.78, 5) is 2.19. The predicted octanol–water partition coefficient (Wildman–Crippen LogP) is 4.70. The quantitative estimate of drug-likeness (QED) is 0.483. The van der Waals surface area contributed by atoms with Crippen molar-refractivity contribution < 1.29 is 22.7 Å². The Morgan fingerprint density at radius 1 is 1.08 bits per heavy atom. The highest BCUT2D eigenvalue weighted by Crippen LogP contribution is 2.36. The summed E-state index contributed by atoms with van der Waals surface area (Å²) in [6.07, 6.45) is -0.318. The molecule has 0 amide bonds. The van der Waals surface area contributed by atoms with E-state index in [0.717, 1.165) is 22.3 Å². The molecular weight excluding hydrogens is 491 g/mol. The van der Waals surface area contributed by atoms with Gasteiger partial charge in [0, 0.05) is 31.6 Å². The van der Waals surface area contributed by atoms with Crippen molar-refractivity contribution >= 4 is 10.0 Å². The lowest BCUT2D eigenvalue weighted by Crippen LogP contribution is -2.49. The number of likely N-dealkylation sites (N-methyl/N-ethyl adjacent to an activating group) is 1. The Kier molecular flexibility index (Phi) is 8.33. The summed E-state index contributed by atoms with van der Waals surface area (Å²) in [7, 11) is -1.93. The number of hydrogen-bond acceptors (Lipinski definition) is 5. The molecule has 3 atom stereocenters. The maximum atomic E-state index is 13.7. The van der Waals surface area contributed by atoms with Crippen molar-refractivity contribution in [1.29, 1.82) is 0 Å². The Labute approximate surface area is 219 Å². The zero-order valence-corrected chi connectivity index (χ0v) is 22.6. The van der Waals surface area contributed by atoms with Crippen molar-refractivity contribution in [1.82, 2.24) is 9.21 Å². The van der Waals surface area contributed by atoms with E-state index in [2.05, 4.69) is 4.90 Å². The van der Waals surface area contributed by atoms with E-state index in [9.17, 15) is 17.9 Å². The summed E-state index contributed by atoms with van der Waals surface area (Å²) in [5.41, 5.74) is 3.94. The summed E-state index contributed by atoms with van der Waals surface area (Å²) in [6.45, 7) is 6.77. The molecule has 6 nitrogen and oxygen atoms in total. The van der Waals surface area contributed by atoms with E-state index in [-0.39, 0.29) is 35.9 Å². The van der Waals surface area contributed by atoms with E-state index in [4.69, 9.17) is 4.74 Å². The van der Waals surface area contributed by atoms with E-state index in [1.807, 2.05) is 45.2 Å². The molecule has 8 heteroatoms. The molecule has 0 saturated heterocycles. The Morgan fingerprint density at radius 2 is 1.73 bits per heavy atom. The third-order valence-corrected chi connectivity index (χ3v) is 8.93. The molecule has 1 heterocycles. The van der Waals surface area contributed by atoms with Gasteiger partial charge >= 0.3 is 0 Å². The van der Waals surface area contributed by atoms with Gasteiger partial charge in [-0.3, -0.25) is 4.90 Å². The lowest BCUT2D eigenvalue weighted by Gasteiger charge is -2.37. The number of aryl methyl sites for hydroxylation is 1.